The zero-order valence-corrected chi connectivity index (χ0v) is 12.8. The van der Waals surface area contributed by atoms with Gasteiger partial charge in [-0.2, -0.15) is 0 Å². The van der Waals surface area contributed by atoms with Crippen LogP contribution in [0.3, 0.4) is 0 Å². The zero-order chi connectivity index (χ0) is 16.2. The van der Waals surface area contributed by atoms with Gasteiger partial charge in [-0.15, -0.1) is 0 Å². The molecule has 0 saturated carbocycles. The van der Waals surface area contributed by atoms with E-state index >= 15 is 0 Å². The van der Waals surface area contributed by atoms with E-state index in [9.17, 15) is 9.59 Å². The van der Waals surface area contributed by atoms with E-state index in [4.69, 9.17) is 13.9 Å². The number of amides is 2. The maximum absolute atomic E-state index is 12.7. The van der Waals surface area contributed by atoms with Crippen molar-refractivity contribution < 1.29 is 23.5 Å². The maximum atomic E-state index is 12.7. The van der Waals surface area contributed by atoms with E-state index in [1.165, 1.54) is 7.11 Å². The monoisotopic (exact) mass is 318 g/mol. The summed E-state index contributed by atoms with van der Waals surface area (Å²) in [6, 6.07) is 7.21. The summed E-state index contributed by atoms with van der Waals surface area (Å²) in [5.41, 5.74) is 0.941. The molecule has 0 spiro atoms. The molecule has 2 amide bonds. The molecule has 0 unspecified atom stereocenters. The van der Waals surface area contributed by atoms with Crippen LogP contribution in [0.5, 0.6) is 0 Å². The van der Waals surface area contributed by atoms with Crippen LogP contribution in [0.25, 0.3) is 11.0 Å². The van der Waals surface area contributed by atoms with Crippen molar-refractivity contribution in [3.05, 3.63) is 30.0 Å². The summed E-state index contributed by atoms with van der Waals surface area (Å²) in [5.74, 6) is -0.454. The fourth-order valence-corrected chi connectivity index (χ4v) is 2.54. The number of methoxy groups -OCH3 is 1. The van der Waals surface area contributed by atoms with Gasteiger partial charge in [-0.05, 0) is 12.1 Å². The fourth-order valence-electron chi connectivity index (χ4n) is 2.54. The van der Waals surface area contributed by atoms with Crippen molar-refractivity contribution in [3.63, 3.8) is 0 Å². The molecule has 1 aromatic heterocycles. The molecule has 3 rings (SSSR count). The Kier molecular flexibility index (Phi) is 4.59. The molecule has 0 atom stereocenters. The number of carbonyl (C=O) groups excluding carboxylic acids is 2. The number of rotatable bonds is 4. The van der Waals surface area contributed by atoms with Gasteiger partial charge in [0.2, 0.25) is 11.7 Å². The normalized spacial score (nSPS) is 14.9. The van der Waals surface area contributed by atoms with E-state index in [0.717, 1.165) is 0 Å². The Hall–Kier alpha value is -2.38. The maximum Gasteiger partial charge on any atom is 0.291 e. The lowest BCUT2D eigenvalue weighted by molar-refractivity contribution is -0.119. The molecule has 2 heterocycles. The molecule has 1 fully saturated rings. The van der Waals surface area contributed by atoms with Crippen molar-refractivity contribution in [2.24, 2.45) is 0 Å². The Morgan fingerprint density at radius 1 is 1.26 bits per heavy atom. The largest absolute Gasteiger partial charge is 0.449 e. The summed E-state index contributed by atoms with van der Waals surface area (Å²) < 4.78 is 15.8. The minimum atomic E-state index is -0.338. The lowest BCUT2D eigenvalue weighted by atomic mass is 10.2. The van der Waals surface area contributed by atoms with Gasteiger partial charge >= 0.3 is 0 Å². The second-order valence-electron chi connectivity index (χ2n) is 5.19. The summed E-state index contributed by atoms with van der Waals surface area (Å²) in [6.45, 7) is 1.90. The molecule has 7 nitrogen and oxygen atoms in total. The predicted molar refractivity (Wildman–Crippen MR) is 83.4 cm³/mol. The molecule has 1 N–H and O–H groups in total. The summed E-state index contributed by atoms with van der Waals surface area (Å²) in [5, 5.41) is 3.41. The summed E-state index contributed by atoms with van der Waals surface area (Å²) >= 11 is 0. The number of ether oxygens (including phenoxy) is 2. The number of furan rings is 1. The molecule has 1 saturated heterocycles. The van der Waals surface area contributed by atoms with Gasteiger partial charge in [0, 0.05) is 25.6 Å². The van der Waals surface area contributed by atoms with Gasteiger partial charge in [0.15, 0.2) is 0 Å². The van der Waals surface area contributed by atoms with Crippen LogP contribution in [0, 0.1) is 0 Å². The third-order valence-electron chi connectivity index (χ3n) is 3.63. The highest BCUT2D eigenvalue weighted by atomic mass is 16.5. The van der Waals surface area contributed by atoms with Gasteiger partial charge in [0.25, 0.3) is 5.91 Å². The number of benzene rings is 1. The number of hydrogen-bond acceptors (Lipinski definition) is 5. The van der Waals surface area contributed by atoms with Gasteiger partial charge in [0.1, 0.15) is 17.9 Å². The number of fused-ring (bicyclic) bond motifs is 1. The molecule has 122 valence electrons. The Bertz CT molecular complexity index is 718. The standard InChI is InChI=1S/C16H18N2O5/c1-21-10-13(19)17-14-11-4-2-3-5-12(11)23-15(14)16(20)18-6-8-22-9-7-18/h2-5H,6-10H2,1H3,(H,17,19). The first-order valence-corrected chi connectivity index (χ1v) is 7.38. The molecule has 0 bridgehead atoms. The molecular formula is C16H18N2O5. The highest BCUT2D eigenvalue weighted by Gasteiger charge is 2.27. The van der Waals surface area contributed by atoms with Crippen molar-refractivity contribution >= 4 is 28.5 Å². The van der Waals surface area contributed by atoms with Crippen LogP contribution in [0.15, 0.2) is 28.7 Å². The first-order chi connectivity index (χ1) is 11.2. The van der Waals surface area contributed by atoms with Crippen molar-refractivity contribution in [2.75, 3.05) is 45.3 Å². The lowest BCUT2D eigenvalue weighted by Gasteiger charge is -2.26. The highest BCUT2D eigenvalue weighted by Crippen LogP contribution is 2.31. The van der Waals surface area contributed by atoms with E-state index in [-0.39, 0.29) is 24.2 Å². The number of nitrogens with one attached hydrogen (secondary N) is 1. The SMILES string of the molecule is COCC(=O)Nc1c(C(=O)N2CCOCC2)oc2ccccc12. The van der Waals surface area contributed by atoms with E-state index in [2.05, 4.69) is 5.32 Å². The average Bonchev–Trinajstić information content (AvgIpc) is 2.94. The smallest absolute Gasteiger partial charge is 0.291 e. The molecule has 0 radical (unpaired) electrons. The summed E-state index contributed by atoms with van der Waals surface area (Å²) in [4.78, 5) is 26.3. The van der Waals surface area contributed by atoms with Gasteiger partial charge in [-0.3, -0.25) is 9.59 Å². The second-order valence-corrected chi connectivity index (χ2v) is 5.19. The topological polar surface area (TPSA) is 81.0 Å². The molecule has 2 aromatic rings. The van der Waals surface area contributed by atoms with Crippen molar-refractivity contribution in [3.8, 4) is 0 Å². The number of morpholine rings is 1. The summed E-state index contributed by atoms with van der Waals surface area (Å²) in [6.07, 6.45) is 0. The number of anilines is 1. The minimum absolute atomic E-state index is 0.0926. The average molecular weight is 318 g/mol. The predicted octanol–water partition coefficient (Wildman–Crippen LogP) is 1.49. The molecule has 1 aromatic carbocycles. The van der Waals surface area contributed by atoms with E-state index < -0.39 is 0 Å². The molecule has 7 heteroatoms. The Balaban J connectivity index is 1.97. The number of carbonyl (C=O) groups is 2. The van der Waals surface area contributed by atoms with Crippen LogP contribution in [0.4, 0.5) is 5.69 Å². The first-order valence-electron chi connectivity index (χ1n) is 7.38. The van der Waals surface area contributed by atoms with Crippen LogP contribution in [-0.4, -0.2) is 56.7 Å². The Labute approximate surface area is 133 Å². The van der Waals surface area contributed by atoms with E-state index in [1.54, 1.807) is 17.0 Å². The van der Waals surface area contributed by atoms with E-state index in [0.29, 0.717) is 43.0 Å². The third-order valence-corrected chi connectivity index (χ3v) is 3.63. The highest BCUT2D eigenvalue weighted by molar-refractivity contribution is 6.11. The van der Waals surface area contributed by atoms with E-state index in [1.807, 2.05) is 12.1 Å². The van der Waals surface area contributed by atoms with Gasteiger partial charge in [-0.25, -0.2) is 0 Å². The van der Waals surface area contributed by atoms with Crippen LogP contribution in [0.2, 0.25) is 0 Å². The van der Waals surface area contributed by atoms with Crippen LogP contribution in [-0.2, 0) is 14.3 Å². The van der Waals surface area contributed by atoms with Crippen LogP contribution < -0.4 is 5.32 Å². The number of para-hydroxylation sites is 1. The fraction of sp³-hybridized carbons (Fsp3) is 0.375. The second kappa shape index (κ2) is 6.80. The Morgan fingerprint density at radius 3 is 2.74 bits per heavy atom. The first kappa shape index (κ1) is 15.5. The van der Waals surface area contributed by atoms with Gasteiger partial charge < -0.3 is 24.1 Å². The molecule has 1 aliphatic heterocycles. The Morgan fingerprint density at radius 2 is 2.00 bits per heavy atom. The van der Waals surface area contributed by atoms with Crippen molar-refractivity contribution in [1.29, 1.82) is 0 Å². The molecule has 23 heavy (non-hydrogen) atoms. The van der Waals surface area contributed by atoms with Gasteiger partial charge in [-0.1, -0.05) is 12.1 Å². The summed E-state index contributed by atoms with van der Waals surface area (Å²) in [7, 11) is 1.44. The zero-order valence-electron chi connectivity index (χ0n) is 12.8. The van der Waals surface area contributed by atoms with Crippen LogP contribution in [0.1, 0.15) is 10.6 Å². The lowest BCUT2D eigenvalue weighted by Crippen LogP contribution is -2.40. The number of hydrogen-bond donors (Lipinski definition) is 1. The van der Waals surface area contributed by atoms with Crippen LogP contribution >= 0.6 is 0 Å². The molecular weight excluding hydrogens is 300 g/mol. The van der Waals surface area contributed by atoms with Gasteiger partial charge in [0.05, 0.1) is 13.2 Å². The van der Waals surface area contributed by atoms with Crippen molar-refractivity contribution in [2.45, 2.75) is 0 Å². The molecule has 1 aliphatic rings. The van der Waals surface area contributed by atoms with Crippen molar-refractivity contribution in [1.82, 2.24) is 4.90 Å². The third kappa shape index (κ3) is 3.20. The minimum Gasteiger partial charge on any atom is -0.449 e. The molecule has 0 aliphatic carbocycles. The quantitative estimate of drug-likeness (QED) is 0.924. The number of nitrogens with zero attached hydrogens (tertiary/aromatic N) is 1.